The van der Waals surface area contributed by atoms with Crippen molar-refractivity contribution in [1.82, 2.24) is 0 Å². The molecule has 5 heteroatoms. The van der Waals surface area contributed by atoms with Crippen LogP contribution in [0, 0.1) is 10.8 Å². The number of hydrogen-bond donors (Lipinski definition) is 0. The van der Waals surface area contributed by atoms with Gasteiger partial charge in [-0.2, -0.15) is 0 Å². The van der Waals surface area contributed by atoms with Crippen LogP contribution >= 0.6 is 0 Å². The summed E-state index contributed by atoms with van der Waals surface area (Å²) in [7, 11) is 0. The Morgan fingerprint density at radius 3 is 2.39 bits per heavy atom. The van der Waals surface area contributed by atoms with Gasteiger partial charge in [-0.15, -0.1) is 0 Å². The molecule has 31 heavy (non-hydrogen) atoms. The fourth-order valence-electron chi connectivity index (χ4n) is 5.57. The Balaban J connectivity index is 1.81. The molecule has 2 aliphatic rings. The Morgan fingerprint density at radius 1 is 0.968 bits per heavy atom. The van der Waals surface area contributed by atoms with E-state index in [1.807, 2.05) is 43.3 Å². The molecule has 0 aromatic heterocycles. The smallest absolute Gasteiger partial charge is 0.330 e. The van der Waals surface area contributed by atoms with E-state index < -0.39 is 28.7 Å². The minimum atomic E-state index is -1.68. The number of hydrogen-bond acceptors (Lipinski definition) is 5. The Hall–Kier alpha value is -3.47. The lowest BCUT2D eigenvalue weighted by molar-refractivity contribution is -0.162. The molecule has 0 radical (unpaired) electrons. The van der Waals surface area contributed by atoms with Gasteiger partial charge in [-0.1, -0.05) is 67.6 Å². The lowest BCUT2D eigenvalue weighted by Crippen LogP contribution is -2.40. The molecule has 1 saturated carbocycles. The number of carbonyl (C=O) groups is 3. The van der Waals surface area contributed by atoms with Crippen molar-refractivity contribution >= 4 is 28.5 Å². The Bertz CT molecular complexity index is 1230. The van der Waals surface area contributed by atoms with Crippen LogP contribution < -0.4 is 4.74 Å². The molecule has 0 amide bonds. The van der Waals surface area contributed by atoms with Gasteiger partial charge < -0.3 is 9.47 Å². The highest BCUT2D eigenvalue weighted by atomic mass is 16.6. The average Bonchev–Trinajstić information content (AvgIpc) is 3.45. The third-order valence-corrected chi connectivity index (χ3v) is 6.89. The van der Waals surface area contributed by atoms with Gasteiger partial charge in [-0.05, 0) is 30.2 Å². The number of rotatable bonds is 5. The number of esters is 2. The van der Waals surface area contributed by atoms with Crippen LogP contribution in [0.15, 0.2) is 66.7 Å². The van der Waals surface area contributed by atoms with Crippen LogP contribution in [0.2, 0.25) is 0 Å². The summed E-state index contributed by atoms with van der Waals surface area (Å²) in [6.07, 6.45) is 0.308. The van der Waals surface area contributed by atoms with E-state index in [0.29, 0.717) is 17.7 Å². The molecule has 156 valence electrons. The molecule has 5 nitrogen and oxygen atoms in total. The molecule has 0 bridgehead atoms. The first-order valence-corrected chi connectivity index (χ1v) is 10.5. The summed E-state index contributed by atoms with van der Waals surface area (Å²) in [5.74, 6) is -1.85. The molecule has 5 rings (SSSR count). The van der Waals surface area contributed by atoms with Gasteiger partial charge in [0, 0.05) is 17.0 Å². The van der Waals surface area contributed by atoms with Crippen molar-refractivity contribution in [1.29, 1.82) is 0 Å². The van der Waals surface area contributed by atoms with Gasteiger partial charge in [-0.25, -0.2) is 0 Å². The van der Waals surface area contributed by atoms with Crippen molar-refractivity contribution in [2.24, 2.45) is 10.8 Å². The molecule has 1 aliphatic carbocycles. The van der Waals surface area contributed by atoms with Crippen molar-refractivity contribution in [3.63, 3.8) is 0 Å². The summed E-state index contributed by atoms with van der Waals surface area (Å²) in [5, 5.41) is 1.84. The summed E-state index contributed by atoms with van der Waals surface area (Å²) in [5.41, 5.74) is -1.73. The maximum absolute atomic E-state index is 13.9. The molecule has 0 saturated heterocycles. The van der Waals surface area contributed by atoms with E-state index in [0.717, 1.165) is 16.3 Å². The molecule has 3 aromatic carbocycles. The standard InChI is InChI=1S/C26H22O5/c1-3-25(22(27)17-11-6-5-7-12-17)21-20-18-13-9-8-10-16(18)14-15-19(20)31-24(29)26(21,25)23(28)30-4-2/h5-15,21H,3-4H2,1-2H3/t21-,25-,26-/m0/s1. The molecule has 1 aliphatic heterocycles. The molecule has 0 unspecified atom stereocenters. The minimum Gasteiger partial charge on any atom is -0.465 e. The molecule has 0 spiro atoms. The number of Topliss-reactive ketones (excluding diaryl/α,β-unsaturated/α-hetero) is 1. The second kappa shape index (κ2) is 6.77. The maximum Gasteiger partial charge on any atom is 0.330 e. The summed E-state index contributed by atoms with van der Waals surface area (Å²) < 4.78 is 11.1. The molecular weight excluding hydrogens is 392 g/mol. The molecular formula is C26H22O5. The van der Waals surface area contributed by atoms with Crippen molar-refractivity contribution in [2.75, 3.05) is 6.61 Å². The van der Waals surface area contributed by atoms with Crippen molar-refractivity contribution in [3.8, 4) is 5.75 Å². The van der Waals surface area contributed by atoms with Gasteiger partial charge in [0.1, 0.15) is 5.75 Å². The quantitative estimate of drug-likeness (QED) is 0.262. The largest absolute Gasteiger partial charge is 0.465 e. The second-order valence-electron chi connectivity index (χ2n) is 8.07. The molecule has 0 N–H and O–H groups in total. The van der Waals surface area contributed by atoms with E-state index in [4.69, 9.17) is 9.47 Å². The van der Waals surface area contributed by atoms with Gasteiger partial charge in [0.05, 0.1) is 12.0 Å². The predicted molar refractivity (Wildman–Crippen MR) is 115 cm³/mol. The highest BCUT2D eigenvalue weighted by molar-refractivity contribution is 6.21. The van der Waals surface area contributed by atoms with E-state index in [-0.39, 0.29) is 12.4 Å². The van der Waals surface area contributed by atoms with Gasteiger partial charge in [0.2, 0.25) is 0 Å². The Kier molecular flexibility index (Phi) is 4.26. The number of carbonyl (C=O) groups excluding carboxylic acids is 3. The van der Waals surface area contributed by atoms with Crippen LogP contribution in [0.3, 0.4) is 0 Å². The van der Waals surface area contributed by atoms with Crippen LogP contribution in [0.25, 0.3) is 10.8 Å². The van der Waals surface area contributed by atoms with Crippen molar-refractivity contribution in [2.45, 2.75) is 26.2 Å². The first kappa shape index (κ1) is 19.5. The van der Waals surface area contributed by atoms with Gasteiger partial charge >= 0.3 is 11.9 Å². The lowest BCUT2D eigenvalue weighted by Gasteiger charge is -2.23. The van der Waals surface area contributed by atoms with Crippen LogP contribution in [0.5, 0.6) is 5.75 Å². The Labute approximate surface area is 180 Å². The number of ketones is 1. The van der Waals surface area contributed by atoms with E-state index in [2.05, 4.69) is 0 Å². The third kappa shape index (κ3) is 2.29. The maximum atomic E-state index is 13.9. The number of fused-ring (bicyclic) bond motifs is 5. The highest BCUT2D eigenvalue weighted by Crippen LogP contribution is 2.80. The monoisotopic (exact) mass is 414 g/mol. The first-order valence-electron chi connectivity index (χ1n) is 10.5. The molecule has 1 heterocycles. The van der Waals surface area contributed by atoms with Gasteiger partial charge in [0.15, 0.2) is 11.2 Å². The molecule has 3 aromatic rings. The third-order valence-electron chi connectivity index (χ3n) is 6.89. The van der Waals surface area contributed by atoms with Crippen LogP contribution in [-0.4, -0.2) is 24.3 Å². The predicted octanol–water partition coefficient (Wildman–Crippen LogP) is 4.68. The fourth-order valence-corrected chi connectivity index (χ4v) is 5.57. The molecule has 3 atom stereocenters. The topological polar surface area (TPSA) is 69.7 Å². The Morgan fingerprint density at radius 2 is 1.68 bits per heavy atom. The van der Waals surface area contributed by atoms with E-state index in [1.54, 1.807) is 37.3 Å². The minimum absolute atomic E-state index is 0.113. The van der Waals surface area contributed by atoms with Crippen molar-refractivity contribution < 1.29 is 23.9 Å². The SMILES string of the molecule is CCOC(=O)[C@]12C(=O)Oc3ccc4ccccc4c3[C@H]1[C@@]2(CC)C(=O)c1ccccc1. The number of ether oxygens (including phenoxy) is 2. The average molecular weight is 414 g/mol. The lowest BCUT2D eigenvalue weighted by atomic mass is 9.83. The van der Waals surface area contributed by atoms with E-state index in [1.165, 1.54) is 0 Å². The second-order valence-corrected chi connectivity index (χ2v) is 8.07. The zero-order valence-electron chi connectivity index (χ0n) is 17.4. The number of benzene rings is 3. The first-order chi connectivity index (χ1) is 15.0. The summed E-state index contributed by atoms with van der Waals surface area (Å²) >= 11 is 0. The zero-order chi connectivity index (χ0) is 21.8. The van der Waals surface area contributed by atoms with Gasteiger partial charge in [-0.3, -0.25) is 14.4 Å². The van der Waals surface area contributed by atoms with E-state index in [9.17, 15) is 14.4 Å². The van der Waals surface area contributed by atoms with Crippen LogP contribution in [-0.2, 0) is 14.3 Å². The summed E-state index contributed by atoms with van der Waals surface area (Å²) in [6.45, 7) is 3.65. The van der Waals surface area contributed by atoms with Crippen LogP contribution in [0.4, 0.5) is 0 Å². The molecule has 1 fully saturated rings. The highest BCUT2D eigenvalue weighted by Gasteiger charge is 2.90. The normalized spacial score (nSPS) is 25.9. The van der Waals surface area contributed by atoms with Crippen LogP contribution in [0.1, 0.15) is 42.1 Å². The zero-order valence-corrected chi connectivity index (χ0v) is 17.4. The summed E-state index contributed by atoms with van der Waals surface area (Å²) in [4.78, 5) is 40.7. The fraction of sp³-hybridized carbons (Fsp3) is 0.269. The van der Waals surface area contributed by atoms with Gasteiger partial charge in [0.25, 0.3) is 0 Å². The van der Waals surface area contributed by atoms with E-state index >= 15 is 0 Å². The summed E-state index contributed by atoms with van der Waals surface area (Å²) in [6, 6.07) is 20.2. The van der Waals surface area contributed by atoms with Crippen molar-refractivity contribution in [3.05, 3.63) is 77.9 Å².